The van der Waals surface area contributed by atoms with E-state index in [9.17, 15) is 0 Å². The van der Waals surface area contributed by atoms with E-state index in [1.807, 2.05) is 29.5 Å². The molecule has 0 aliphatic carbocycles. The Labute approximate surface area is 104 Å². The monoisotopic (exact) mass is 249 g/mol. The molecule has 2 aromatic rings. The highest BCUT2D eigenvalue weighted by atomic mass is 35.5. The van der Waals surface area contributed by atoms with E-state index in [1.165, 1.54) is 20.9 Å². The molecule has 0 radical (unpaired) electrons. The number of hydrogen-bond acceptors (Lipinski definition) is 2. The molecule has 0 unspecified atom stereocenters. The van der Waals surface area contributed by atoms with E-state index in [2.05, 4.69) is 17.4 Å². The summed E-state index contributed by atoms with van der Waals surface area (Å²) in [6.07, 6.45) is 1.15. The number of halogens is 1. The van der Waals surface area contributed by atoms with Crippen molar-refractivity contribution in [1.82, 2.24) is 5.32 Å². The van der Waals surface area contributed by atoms with Gasteiger partial charge in [-0.2, -0.15) is 0 Å². The fourth-order valence-corrected chi connectivity index (χ4v) is 3.40. The predicted octanol–water partition coefficient (Wildman–Crippen LogP) is 3.71. The van der Waals surface area contributed by atoms with Crippen LogP contribution in [0, 0.1) is 0 Å². The molecule has 1 aromatic carbocycles. The van der Waals surface area contributed by atoms with Gasteiger partial charge in [0.15, 0.2) is 0 Å². The van der Waals surface area contributed by atoms with E-state index in [0.29, 0.717) is 0 Å². The van der Waals surface area contributed by atoms with E-state index in [-0.39, 0.29) is 0 Å². The summed E-state index contributed by atoms with van der Waals surface area (Å²) in [5.41, 5.74) is 2.68. The molecular formula is C13H12ClNS. The van der Waals surface area contributed by atoms with Gasteiger partial charge >= 0.3 is 0 Å². The Balaban J connectivity index is 2.03. The molecule has 3 heteroatoms. The molecule has 0 fully saturated rings. The number of rotatable bonds is 1. The molecule has 3 rings (SSSR count). The molecule has 16 heavy (non-hydrogen) atoms. The highest BCUT2D eigenvalue weighted by Crippen LogP contribution is 2.33. The third-order valence-corrected chi connectivity index (χ3v) is 4.37. The Kier molecular flexibility index (Phi) is 2.72. The highest BCUT2D eigenvalue weighted by molar-refractivity contribution is 7.15. The number of fused-ring (bicyclic) bond motifs is 1. The van der Waals surface area contributed by atoms with Gasteiger partial charge in [0.1, 0.15) is 0 Å². The molecule has 1 aliphatic rings. The van der Waals surface area contributed by atoms with E-state index in [0.717, 1.165) is 24.5 Å². The van der Waals surface area contributed by atoms with Crippen LogP contribution in [0.15, 0.2) is 30.3 Å². The Morgan fingerprint density at radius 2 is 2.19 bits per heavy atom. The van der Waals surface area contributed by atoms with E-state index < -0.39 is 0 Å². The second-order valence-electron chi connectivity index (χ2n) is 4.00. The Hall–Kier alpha value is -0.830. The smallest absolute Gasteiger partial charge is 0.0412 e. The molecule has 0 saturated carbocycles. The molecule has 0 spiro atoms. The second-order valence-corrected chi connectivity index (χ2v) is 5.57. The lowest BCUT2D eigenvalue weighted by Crippen LogP contribution is -2.21. The molecule has 1 aliphatic heterocycles. The zero-order valence-corrected chi connectivity index (χ0v) is 10.4. The summed E-state index contributed by atoms with van der Waals surface area (Å²) in [4.78, 5) is 2.85. The van der Waals surface area contributed by atoms with Crippen LogP contribution in [0.25, 0.3) is 10.4 Å². The van der Waals surface area contributed by atoms with Crippen molar-refractivity contribution in [1.29, 1.82) is 0 Å². The van der Waals surface area contributed by atoms with Crippen molar-refractivity contribution >= 4 is 22.9 Å². The maximum atomic E-state index is 6.01. The molecule has 0 atom stereocenters. The number of hydrogen-bond donors (Lipinski definition) is 1. The van der Waals surface area contributed by atoms with E-state index >= 15 is 0 Å². The summed E-state index contributed by atoms with van der Waals surface area (Å²) >= 11 is 7.91. The summed E-state index contributed by atoms with van der Waals surface area (Å²) in [5.74, 6) is 0. The van der Waals surface area contributed by atoms with Crippen LogP contribution in [0.1, 0.15) is 10.4 Å². The van der Waals surface area contributed by atoms with Gasteiger partial charge in [-0.25, -0.2) is 0 Å². The number of nitrogens with one attached hydrogen (secondary N) is 1. The highest BCUT2D eigenvalue weighted by Gasteiger charge is 2.13. The fourth-order valence-electron chi connectivity index (χ4n) is 2.04. The van der Waals surface area contributed by atoms with Crippen LogP contribution in [0.5, 0.6) is 0 Å². The first-order valence-corrected chi connectivity index (χ1v) is 6.60. The van der Waals surface area contributed by atoms with Crippen LogP contribution in [0.2, 0.25) is 5.02 Å². The average molecular weight is 250 g/mol. The van der Waals surface area contributed by atoms with Gasteiger partial charge in [0.05, 0.1) is 0 Å². The van der Waals surface area contributed by atoms with Gasteiger partial charge in [-0.05, 0) is 35.7 Å². The average Bonchev–Trinajstić information content (AvgIpc) is 2.72. The molecule has 1 N–H and O–H groups in total. The third kappa shape index (κ3) is 1.88. The van der Waals surface area contributed by atoms with Crippen molar-refractivity contribution in [2.45, 2.75) is 13.0 Å². The predicted molar refractivity (Wildman–Crippen MR) is 70.2 cm³/mol. The minimum absolute atomic E-state index is 0.807. The lowest BCUT2D eigenvalue weighted by atomic mass is 10.1. The standard InChI is InChI=1S/C13H12ClNS/c14-11-3-1-2-9(6-11)13-7-10-8-15-5-4-12(10)16-13/h1-3,6-7,15H,4-5,8H2. The van der Waals surface area contributed by atoms with Crippen molar-refractivity contribution in [2.24, 2.45) is 0 Å². The molecule has 2 heterocycles. The van der Waals surface area contributed by atoms with Gasteiger partial charge in [0, 0.05) is 27.9 Å². The topological polar surface area (TPSA) is 12.0 Å². The van der Waals surface area contributed by atoms with Gasteiger partial charge in [-0.1, -0.05) is 23.7 Å². The summed E-state index contributed by atoms with van der Waals surface area (Å²) in [6, 6.07) is 10.4. The van der Waals surface area contributed by atoms with Crippen molar-refractivity contribution in [3.05, 3.63) is 45.8 Å². The summed E-state index contributed by atoms with van der Waals surface area (Å²) in [7, 11) is 0. The summed E-state index contributed by atoms with van der Waals surface area (Å²) in [5, 5.41) is 4.21. The number of benzene rings is 1. The van der Waals surface area contributed by atoms with Gasteiger partial charge in [0.2, 0.25) is 0 Å². The Bertz CT molecular complexity index is 495. The molecule has 0 amide bonds. The fraction of sp³-hybridized carbons (Fsp3) is 0.231. The summed E-state index contributed by atoms with van der Waals surface area (Å²) < 4.78 is 0. The molecule has 0 bridgehead atoms. The lowest BCUT2D eigenvalue weighted by Gasteiger charge is -2.10. The normalized spacial score (nSPS) is 14.8. The number of thiophene rings is 1. The zero-order chi connectivity index (χ0) is 11.0. The third-order valence-electron chi connectivity index (χ3n) is 2.85. The summed E-state index contributed by atoms with van der Waals surface area (Å²) in [6.45, 7) is 2.11. The Morgan fingerprint density at radius 3 is 3.00 bits per heavy atom. The minimum atomic E-state index is 0.807. The largest absolute Gasteiger partial charge is 0.312 e. The minimum Gasteiger partial charge on any atom is -0.312 e. The van der Waals surface area contributed by atoms with E-state index in [4.69, 9.17) is 11.6 Å². The Morgan fingerprint density at radius 1 is 1.25 bits per heavy atom. The molecular weight excluding hydrogens is 238 g/mol. The van der Waals surface area contributed by atoms with Crippen LogP contribution in [0.4, 0.5) is 0 Å². The van der Waals surface area contributed by atoms with Crippen LogP contribution < -0.4 is 5.32 Å². The van der Waals surface area contributed by atoms with Crippen molar-refractivity contribution in [3.8, 4) is 10.4 Å². The zero-order valence-electron chi connectivity index (χ0n) is 8.79. The van der Waals surface area contributed by atoms with Crippen molar-refractivity contribution in [2.75, 3.05) is 6.54 Å². The van der Waals surface area contributed by atoms with Gasteiger partial charge in [0.25, 0.3) is 0 Å². The first-order chi connectivity index (χ1) is 7.83. The van der Waals surface area contributed by atoms with Gasteiger partial charge < -0.3 is 5.32 Å². The van der Waals surface area contributed by atoms with Gasteiger partial charge in [-0.3, -0.25) is 0 Å². The molecule has 1 nitrogen and oxygen atoms in total. The molecule has 82 valence electrons. The van der Waals surface area contributed by atoms with Crippen LogP contribution in [-0.4, -0.2) is 6.54 Å². The van der Waals surface area contributed by atoms with E-state index in [1.54, 1.807) is 0 Å². The molecule has 1 aromatic heterocycles. The van der Waals surface area contributed by atoms with Crippen molar-refractivity contribution < 1.29 is 0 Å². The van der Waals surface area contributed by atoms with Crippen LogP contribution >= 0.6 is 22.9 Å². The lowest BCUT2D eigenvalue weighted by molar-refractivity contribution is 0.653. The second kappa shape index (κ2) is 4.21. The first-order valence-electron chi connectivity index (χ1n) is 5.41. The first kappa shape index (κ1) is 10.3. The quantitative estimate of drug-likeness (QED) is 0.813. The van der Waals surface area contributed by atoms with Gasteiger partial charge in [-0.15, -0.1) is 11.3 Å². The van der Waals surface area contributed by atoms with Crippen molar-refractivity contribution in [3.63, 3.8) is 0 Å². The maximum absolute atomic E-state index is 6.01. The van der Waals surface area contributed by atoms with Crippen LogP contribution in [-0.2, 0) is 13.0 Å². The SMILES string of the molecule is Clc1cccc(-c2cc3c(s2)CCNC3)c1. The van der Waals surface area contributed by atoms with Crippen LogP contribution in [0.3, 0.4) is 0 Å². The maximum Gasteiger partial charge on any atom is 0.0412 e. The molecule has 0 saturated heterocycles.